The van der Waals surface area contributed by atoms with E-state index in [2.05, 4.69) is 10.5 Å². The Hall–Kier alpha value is -1.26. The van der Waals surface area contributed by atoms with Crippen molar-refractivity contribution in [2.45, 2.75) is 0 Å². The van der Waals surface area contributed by atoms with Gasteiger partial charge in [0.25, 0.3) is 0 Å². The van der Waals surface area contributed by atoms with Gasteiger partial charge in [0.1, 0.15) is 0 Å². The van der Waals surface area contributed by atoms with Gasteiger partial charge in [-0.2, -0.15) is 0 Å². The standard InChI is InChI=1S/C4H7N3O2/c1-7-2-3(8)5-4(7)6-9/h9H,2H2,1H3,(H,5,6,8). The van der Waals surface area contributed by atoms with Gasteiger partial charge in [-0.3, -0.25) is 10.1 Å². The van der Waals surface area contributed by atoms with Crippen LogP contribution in [0.4, 0.5) is 0 Å². The third kappa shape index (κ3) is 0.933. The third-order valence-electron chi connectivity index (χ3n) is 1.09. The summed E-state index contributed by atoms with van der Waals surface area (Å²) in [6, 6.07) is 0. The van der Waals surface area contributed by atoms with Gasteiger partial charge in [-0.25, -0.2) is 0 Å². The van der Waals surface area contributed by atoms with E-state index in [-0.39, 0.29) is 18.4 Å². The summed E-state index contributed by atoms with van der Waals surface area (Å²) >= 11 is 0. The van der Waals surface area contributed by atoms with Crippen LogP contribution in [-0.2, 0) is 4.79 Å². The summed E-state index contributed by atoms with van der Waals surface area (Å²) in [5, 5.41) is 13.4. The molecule has 2 N–H and O–H groups in total. The summed E-state index contributed by atoms with van der Waals surface area (Å²) in [4.78, 5) is 12.0. The van der Waals surface area contributed by atoms with E-state index in [1.807, 2.05) is 0 Å². The van der Waals surface area contributed by atoms with Crippen molar-refractivity contribution in [1.29, 1.82) is 0 Å². The van der Waals surface area contributed by atoms with Crippen LogP contribution in [0, 0.1) is 0 Å². The maximum absolute atomic E-state index is 10.5. The summed E-state index contributed by atoms with van der Waals surface area (Å²) in [7, 11) is 1.66. The zero-order chi connectivity index (χ0) is 6.85. The zero-order valence-electron chi connectivity index (χ0n) is 4.96. The Kier molecular flexibility index (Phi) is 1.26. The monoisotopic (exact) mass is 129 g/mol. The number of hydrogen-bond donors (Lipinski definition) is 2. The minimum atomic E-state index is -0.148. The van der Waals surface area contributed by atoms with Crippen LogP contribution < -0.4 is 5.32 Å². The first kappa shape index (κ1) is 5.87. The Labute approximate surface area is 51.9 Å². The molecule has 0 saturated carbocycles. The van der Waals surface area contributed by atoms with Gasteiger partial charge in [0.2, 0.25) is 11.9 Å². The van der Waals surface area contributed by atoms with Crippen LogP contribution >= 0.6 is 0 Å². The van der Waals surface area contributed by atoms with Gasteiger partial charge in [-0.1, -0.05) is 5.16 Å². The van der Waals surface area contributed by atoms with Gasteiger partial charge in [0.15, 0.2) is 0 Å². The van der Waals surface area contributed by atoms with Crippen LogP contribution in [0.25, 0.3) is 0 Å². The quantitative estimate of drug-likeness (QED) is 0.318. The molecule has 0 aromatic heterocycles. The van der Waals surface area contributed by atoms with Crippen molar-refractivity contribution in [3.05, 3.63) is 0 Å². The van der Waals surface area contributed by atoms with E-state index in [4.69, 9.17) is 5.21 Å². The van der Waals surface area contributed by atoms with Crippen LogP contribution in [-0.4, -0.2) is 35.6 Å². The molecular formula is C4H7N3O2. The molecule has 1 saturated heterocycles. The second kappa shape index (κ2) is 1.93. The van der Waals surface area contributed by atoms with E-state index < -0.39 is 0 Å². The fourth-order valence-corrected chi connectivity index (χ4v) is 0.651. The van der Waals surface area contributed by atoms with E-state index in [9.17, 15) is 4.79 Å². The molecule has 1 heterocycles. The highest BCUT2D eigenvalue weighted by Gasteiger charge is 2.20. The molecule has 0 aliphatic carbocycles. The van der Waals surface area contributed by atoms with E-state index in [1.165, 1.54) is 4.90 Å². The van der Waals surface area contributed by atoms with Gasteiger partial charge in [-0.05, 0) is 0 Å². The topological polar surface area (TPSA) is 64.9 Å². The Morgan fingerprint density at radius 1 is 1.89 bits per heavy atom. The number of likely N-dealkylation sites (N-methyl/N-ethyl adjacent to an activating group) is 1. The molecule has 1 rings (SSSR count). The SMILES string of the molecule is CN1CC(=O)NC1=NO. The molecule has 1 aliphatic rings. The fourth-order valence-electron chi connectivity index (χ4n) is 0.651. The van der Waals surface area contributed by atoms with Gasteiger partial charge >= 0.3 is 0 Å². The lowest BCUT2D eigenvalue weighted by Crippen LogP contribution is -2.26. The predicted octanol–water partition coefficient (Wildman–Crippen LogP) is -1.21. The number of nitrogens with zero attached hydrogens (tertiary/aromatic N) is 2. The van der Waals surface area contributed by atoms with Crippen LogP contribution in [0.1, 0.15) is 0 Å². The Balaban J connectivity index is 2.69. The average Bonchev–Trinajstić information content (AvgIpc) is 2.10. The van der Waals surface area contributed by atoms with E-state index >= 15 is 0 Å². The highest BCUT2D eigenvalue weighted by atomic mass is 16.4. The normalized spacial score (nSPS) is 23.0. The minimum Gasteiger partial charge on any atom is -0.408 e. The fraction of sp³-hybridized carbons (Fsp3) is 0.500. The lowest BCUT2D eigenvalue weighted by molar-refractivity contribution is -0.118. The molecule has 5 heteroatoms. The maximum Gasteiger partial charge on any atom is 0.246 e. The van der Waals surface area contributed by atoms with Gasteiger partial charge in [0, 0.05) is 7.05 Å². The first-order valence-corrected chi connectivity index (χ1v) is 2.47. The van der Waals surface area contributed by atoms with Crippen molar-refractivity contribution in [3.63, 3.8) is 0 Å². The highest BCUT2D eigenvalue weighted by molar-refractivity contribution is 6.03. The number of hydrogen-bond acceptors (Lipinski definition) is 3. The zero-order valence-corrected chi connectivity index (χ0v) is 4.96. The molecular weight excluding hydrogens is 122 g/mol. The van der Waals surface area contributed by atoms with E-state index in [0.717, 1.165) is 0 Å². The molecule has 9 heavy (non-hydrogen) atoms. The van der Waals surface area contributed by atoms with Crippen molar-refractivity contribution in [3.8, 4) is 0 Å². The highest BCUT2D eigenvalue weighted by Crippen LogP contribution is 1.91. The molecule has 0 aromatic rings. The van der Waals surface area contributed by atoms with E-state index in [1.54, 1.807) is 7.05 Å². The molecule has 1 amide bonds. The molecule has 0 spiro atoms. The largest absolute Gasteiger partial charge is 0.408 e. The lowest BCUT2D eigenvalue weighted by Gasteiger charge is -2.04. The van der Waals surface area contributed by atoms with Gasteiger partial charge in [0.05, 0.1) is 6.54 Å². The molecule has 0 radical (unpaired) electrons. The third-order valence-corrected chi connectivity index (χ3v) is 1.09. The summed E-state index contributed by atoms with van der Waals surface area (Å²) in [5.74, 6) is 0.0605. The van der Waals surface area contributed by atoms with Crippen LogP contribution in [0.15, 0.2) is 5.16 Å². The number of oxime groups is 1. The number of carbonyl (C=O) groups is 1. The molecule has 1 aliphatic heterocycles. The van der Waals surface area contributed by atoms with Crippen molar-refractivity contribution in [2.75, 3.05) is 13.6 Å². The van der Waals surface area contributed by atoms with Gasteiger partial charge in [-0.15, -0.1) is 0 Å². The number of carbonyl (C=O) groups excluding carboxylic acids is 1. The van der Waals surface area contributed by atoms with Crippen LogP contribution in [0.2, 0.25) is 0 Å². The number of guanidine groups is 1. The smallest absolute Gasteiger partial charge is 0.246 e. The summed E-state index contributed by atoms with van der Waals surface area (Å²) < 4.78 is 0. The second-order valence-corrected chi connectivity index (χ2v) is 1.83. The molecule has 0 aromatic carbocycles. The molecule has 5 nitrogen and oxygen atoms in total. The predicted molar refractivity (Wildman–Crippen MR) is 30.0 cm³/mol. The summed E-state index contributed by atoms with van der Waals surface area (Å²) in [6.07, 6.45) is 0. The second-order valence-electron chi connectivity index (χ2n) is 1.83. The lowest BCUT2D eigenvalue weighted by atomic mass is 10.6. The minimum absolute atomic E-state index is 0.148. The molecule has 0 bridgehead atoms. The number of rotatable bonds is 0. The van der Waals surface area contributed by atoms with Crippen LogP contribution in [0.5, 0.6) is 0 Å². The Morgan fingerprint density at radius 3 is 2.78 bits per heavy atom. The molecule has 1 fully saturated rings. The number of amides is 1. The van der Waals surface area contributed by atoms with Crippen molar-refractivity contribution in [2.24, 2.45) is 5.16 Å². The summed E-state index contributed by atoms with van der Waals surface area (Å²) in [6.45, 7) is 0.263. The molecule has 50 valence electrons. The Bertz CT molecular complexity index is 165. The molecule has 0 unspecified atom stereocenters. The Morgan fingerprint density at radius 2 is 2.56 bits per heavy atom. The molecule has 0 atom stereocenters. The number of nitrogens with one attached hydrogen (secondary N) is 1. The first-order chi connectivity index (χ1) is 4.24. The van der Waals surface area contributed by atoms with Crippen molar-refractivity contribution < 1.29 is 10.0 Å². The van der Waals surface area contributed by atoms with E-state index in [0.29, 0.717) is 0 Å². The van der Waals surface area contributed by atoms with Crippen LogP contribution in [0.3, 0.4) is 0 Å². The average molecular weight is 129 g/mol. The maximum atomic E-state index is 10.5. The van der Waals surface area contributed by atoms with Gasteiger partial charge < -0.3 is 10.1 Å². The first-order valence-electron chi connectivity index (χ1n) is 2.47. The summed E-state index contributed by atoms with van der Waals surface area (Å²) in [5.41, 5.74) is 0. The van der Waals surface area contributed by atoms with Crippen molar-refractivity contribution in [1.82, 2.24) is 10.2 Å². The van der Waals surface area contributed by atoms with Crippen molar-refractivity contribution >= 4 is 11.9 Å².